The number of aliphatic imine (C=N–C) groups is 1. The fourth-order valence-electron chi connectivity index (χ4n) is 5.17. The molecular weight excluding hydrogens is 732 g/mol. The molecule has 5 N–H and O–H groups in total. The minimum atomic E-state index is -1.03. The molecule has 19 nitrogen and oxygen atoms in total. The van der Waals surface area contributed by atoms with E-state index in [-0.39, 0.29) is 65.6 Å². The van der Waals surface area contributed by atoms with Gasteiger partial charge in [0.15, 0.2) is 0 Å². The van der Waals surface area contributed by atoms with Crippen LogP contribution in [0.15, 0.2) is 29.3 Å². The highest BCUT2D eigenvalue weighted by atomic mass is 32.1. The lowest BCUT2D eigenvalue weighted by Crippen LogP contribution is -2.50. The molecule has 20 heteroatoms. The lowest BCUT2D eigenvalue weighted by Gasteiger charge is -2.33. The number of hydrogen-bond acceptors (Lipinski definition) is 16. The van der Waals surface area contributed by atoms with Crippen molar-refractivity contribution in [2.75, 3.05) is 145 Å². The highest BCUT2D eigenvalue weighted by Crippen LogP contribution is 2.17. The Morgan fingerprint density at radius 2 is 1.07 bits per heavy atom. The van der Waals surface area contributed by atoms with Gasteiger partial charge in [0.2, 0.25) is 5.91 Å². The summed E-state index contributed by atoms with van der Waals surface area (Å²) in [7, 11) is 0. The Kier molecular flexibility index (Phi) is 24.7. The summed E-state index contributed by atoms with van der Waals surface area (Å²) in [6, 6.07) is 7.14. The molecule has 1 aromatic carbocycles. The molecule has 0 aliphatic carbocycles. The molecule has 1 aliphatic rings. The van der Waals surface area contributed by atoms with Crippen molar-refractivity contribution in [2.45, 2.75) is 6.10 Å². The first kappa shape index (κ1) is 46.5. The second-order valence-electron chi connectivity index (χ2n) is 12.2. The third-order valence-corrected chi connectivity index (χ3v) is 7.96. The van der Waals surface area contributed by atoms with Gasteiger partial charge < -0.3 is 49.4 Å². The molecular formula is C34H54N6O13S. The van der Waals surface area contributed by atoms with E-state index in [1.807, 2.05) is 4.90 Å². The van der Waals surface area contributed by atoms with Crippen LogP contribution in [0.5, 0.6) is 5.75 Å². The van der Waals surface area contributed by atoms with Crippen molar-refractivity contribution in [3.8, 4) is 5.75 Å². The van der Waals surface area contributed by atoms with Crippen molar-refractivity contribution in [3.63, 3.8) is 0 Å². The highest BCUT2D eigenvalue weighted by Gasteiger charge is 2.21. The SMILES string of the molecule is O=C(O)CN1CCN(CC(=O)O)CCN(CC(O)CNC(=O)COCCOCCOCCOCCOc2ccc(N=C=S)cc2)CCN(CC(=O)O)CC1. The van der Waals surface area contributed by atoms with E-state index < -0.39 is 29.9 Å². The van der Waals surface area contributed by atoms with E-state index in [4.69, 9.17) is 23.7 Å². The maximum atomic E-state index is 12.3. The maximum Gasteiger partial charge on any atom is 0.317 e. The number of ether oxygens (including phenoxy) is 5. The molecule has 54 heavy (non-hydrogen) atoms. The lowest BCUT2D eigenvalue weighted by atomic mass is 10.2. The minimum Gasteiger partial charge on any atom is -0.491 e. The number of nitrogens with zero attached hydrogens (tertiary/aromatic N) is 5. The predicted molar refractivity (Wildman–Crippen MR) is 198 cm³/mol. The van der Waals surface area contributed by atoms with Crippen molar-refractivity contribution in [2.24, 2.45) is 4.99 Å². The molecule has 1 fully saturated rings. The fourth-order valence-corrected chi connectivity index (χ4v) is 5.27. The summed E-state index contributed by atoms with van der Waals surface area (Å²) in [5.41, 5.74) is 0.706. The number of aliphatic hydroxyl groups excluding tert-OH is 1. The number of amides is 1. The summed E-state index contributed by atoms with van der Waals surface area (Å²) in [5, 5.41) is 43.7. The molecule has 1 aliphatic heterocycles. The van der Waals surface area contributed by atoms with E-state index in [1.54, 1.807) is 39.0 Å². The average molecular weight is 787 g/mol. The number of hydrogen-bond donors (Lipinski definition) is 5. The summed E-state index contributed by atoms with van der Waals surface area (Å²) >= 11 is 4.57. The predicted octanol–water partition coefficient (Wildman–Crippen LogP) is -1.18. The number of carbonyl (C=O) groups excluding carboxylic acids is 1. The van der Waals surface area contributed by atoms with Crippen molar-refractivity contribution in [1.82, 2.24) is 24.9 Å². The largest absolute Gasteiger partial charge is 0.491 e. The van der Waals surface area contributed by atoms with Crippen molar-refractivity contribution in [3.05, 3.63) is 24.3 Å². The molecule has 304 valence electrons. The Morgan fingerprint density at radius 3 is 1.50 bits per heavy atom. The number of nitrogens with one attached hydrogen (secondary N) is 1. The zero-order chi connectivity index (χ0) is 39.4. The summed E-state index contributed by atoms with van der Waals surface area (Å²) in [4.78, 5) is 57.4. The van der Waals surface area contributed by atoms with Crippen LogP contribution < -0.4 is 10.1 Å². The summed E-state index contributed by atoms with van der Waals surface area (Å²) in [6.07, 6.45) is -0.962. The average Bonchev–Trinajstić information content (AvgIpc) is 3.12. The molecule has 1 amide bonds. The Balaban J connectivity index is 1.59. The first-order valence-electron chi connectivity index (χ1n) is 17.6. The topological polar surface area (TPSA) is 233 Å². The second-order valence-corrected chi connectivity index (χ2v) is 12.4. The van der Waals surface area contributed by atoms with Gasteiger partial charge in [0.25, 0.3) is 0 Å². The number of aliphatic carboxylic acids is 3. The molecule has 1 atom stereocenters. The third kappa shape index (κ3) is 23.9. The van der Waals surface area contributed by atoms with Crippen LogP contribution in [0.1, 0.15) is 0 Å². The van der Waals surface area contributed by atoms with Crippen LogP contribution in [-0.4, -0.2) is 220 Å². The number of benzene rings is 1. The van der Waals surface area contributed by atoms with Gasteiger partial charge in [-0.15, -0.1) is 0 Å². The van der Waals surface area contributed by atoms with Gasteiger partial charge in [-0.05, 0) is 36.5 Å². The molecule has 0 radical (unpaired) electrons. The van der Waals surface area contributed by atoms with E-state index in [9.17, 15) is 39.6 Å². The van der Waals surface area contributed by atoms with Gasteiger partial charge >= 0.3 is 17.9 Å². The number of rotatable bonds is 26. The summed E-state index contributed by atoms with van der Waals surface area (Å²) in [5.74, 6) is -2.79. The molecule has 0 aromatic heterocycles. The lowest BCUT2D eigenvalue weighted by molar-refractivity contribution is -0.140. The Morgan fingerprint density at radius 1 is 0.667 bits per heavy atom. The highest BCUT2D eigenvalue weighted by molar-refractivity contribution is 7.78. The van der Waals surface area contributed by atoms with Crippen molar-refractivity contribution >= 4 is 46.9 Å². The normalized spacial score (nSPS) is 16.0. The van der Waals surface area contributed by atoms with E-state index in [2.05, 4.69) is 27.7 Å². The van der Waals surface area contributed by atoms with Gasteiger partial charge in [-0.3, -0.25) is 38.8 Å². The number of carbonyl (C=O) groups is 4. The standard InChI is InChI=1S/C34H54N6O13S/c41-29(22-37-5-7-38(23-32(43)44)9-11-40(25-34(47)48)12-10-39(8-6-37)24-33(45)46)21-35-31(42)26-52-18-17-50-14-13-49-15-16-51-19-20-53-30-3-1-28(2-4-30)36-27-54/h1-4,29,41H,5-26H2,(H,35,42)(H,43,44)(H,45,46)(H,47,48). The number of carboxylic acids is 3. The van der Waals surface area contributed by atoms with Crippen LogP contribution in [0, 0.1) is 0 Å². The molecule has 1 unspecified atom stereocenters. The van der Waals surface area contributed by atoms with E-state index in [0.717, 1.165) is 0 Å². The molecule has 0 bridgehead atoms. The Hall–Kier alpha value is -3.66. The second kappa shape index (κ2) is 28.7. The van der Waals surface area contributed by atoms with Gasteiger partial charge in [-0.1, -0.05) is 0 Å². The van der Waals surface area contributed by atoms with Gasteiger partial charge in [-0.25, -0.2) is 0 Å². The van der Waals surface area contributed by atoms with Gasteiger partial charge in [0.1, 0.15) is 19.0 Å². The van der Waals surface area contributed by atoms with Crippen molar-refractivity contribution < 1.29 is 63.3 Å². The number of aliphatic hydroxyl groups is 1. The molecule has 2 rings (SSSR count). The maximum absolute atomic E-state index is 12.3. The zero-order valence-electron chi connectivity index (χ0n) is 30.6. The minimum absolute atomic E-state index is 0.0515. The molecule has 0 saturated carbocycles. The van der Waals surface area contributed by atoms with Crippen molar-refractivity contribution in [1.29, 1.82) is 0 Å². The van der Waals surface area contributed by atoms with Crippen LogP contribution in [0.4, 0.5) is 5.69 Å². The van der Waals surface area contributed by atoms with Crippen LogP contribution in [0.2, 0.25) is 0 Å². The van der Waals surface area contributed by atoms with Crippen LogP contribution in [0.3, 0.4) is 0 Å². The molecule has 1 saturated heterocycles. The summed E-state index contributed by atoms with van der Waals surface area (Å²) in [6.45, 7) is 4.42. The Bertz CT molecular complexity index is 1260. The van der Waals surface area contributed by atoms with E-state index in [1.165, 1.54) is 0 Å². The molecule has 0 spiro atoms. The smallest absolute Gasteiger partial charge is 0.317 e. The molecule has 1 heterocycles. The summed E-state index contributed by atoms with van der Waals surface area (Å²) < 4.78 is 27.3. The van der Waals surface area contributed by atoms with Crippen LogP contribution >= 0.6 is 12.2 Å². The number of isothiocyanates is 1. The molecule has 1 aromatic rings. The van der Waals surface area contributed by atoms with Crippen LogP contribution in [-0.2, 0) is 38.1 Å². The first-order valence-corrected chi connectivity index (χ1v) is 18.1. The van der Waals surface area contributed by atoms with E-state index in [0.29, 0.717) is 90.3 Å². The quantitative estimate of drug-likeness (QED) is 0.0423. The third-order valence-electron chi connectivity index (χ3n) is 7.87. The fraction of sp³-hybridized carbons (Fsp3) is 0.676. The number of thiocarbonyl (C=S) groups is 1. The van der Waals surface area contributed by atoms with E-state index >= 15 is 0 Å². The van der Waals surface area contributed by atoms with Gasteiger partial charge in [0.05, 0.1) is 82.8 Å². The van der Waals surface area contributed by atoms with Gasteiger partial charge in [-0.2, -0.15) is 4.99 Å². The van der Waals surface area contributed by atoms with Crippen LogP contribution in [0.25, 0.3) is 0 Å². The van der Waals surface area contributed by atoms with Gasteiger partial charge in [0, 0.05) is 65.4 Å². The first-order chi connectivity index (χ1) is 26.0. The number of β-amino-alcohol motifs (C(OH)–C–C–N with tert-alkyl or cyclic N) is 1. The monoisotopic (exact) mass is 786 g/mol. The zero-order valence-corrected chi connectivity index (χ0v) is 31.4. The number of carboxylic acid groups (broad SMARTS) is 3. The Labute approximate surface area is 320 Å².